The lowest BCUT2D eigenvalue weighted by Gasteiger charge is -2.25. The third kappa shape index (κ3) is 4.44. The maximum absolute atomic E-state index is 12.2. The second-order valence-electron chi connectivity index (χ2n) is 6.08. The van der Waals surface area contributed by atoms with Crippen LogP contribution in [0.15, 0.2) is 42.5 Å². The molecule has 0 heterocycles. The molecular weight excluding hydrogens is 300 g/mol. The van der Waals surface area contributed by atoms with Crippen LogP contribution in [-0.2, 0) is 9.59 Å². The standard InChI is InChI=1S/C20H24N2O2/c1-14-7-5-10-18(13-14)21-19(24)11-12-22(17(4)23)20-15(2)8-6-9-16(20)3/h5-10,13H,11-12H2,1-4H3,(H,21,24). The quantitative estimate of drug-likeness (QED) is 0.904. The number of carbonyl (C=O) groups is 2. The normalized spacial score (nSPS) is 10.3. The Morgan fingerprint density at radius 3 is 2.21 bits per heavy atom. The van der Waals surface area contributed by atoms with Crippen molar-refractivity contribution in [3.05, 3.63) is 59.2 Å². The maximum Gasteiger partial charge on any atom is 0.226 e. The lowest BCUT2D eigenvalue weighted by Crippen LogP contribution is -2.33. The van der Waals surface area contributed by atoms with Gasteiger partial charge in [0.1, 0.15) is 0 Å². The number of para-hydroxylation sites is 1. The molecule has 0 saturated heterocycles. The number of aryl methyl sites for hydroxylation is 3. The number of amides is 2. The van der Waals surface area contributed by atoms with Gasteiger partial charge < -0.3 is 10.2 Å². The van der Waals surface area contributed by atoms with Gasteiger partial charge >= 0.3 is 0 Å². The smallest absolute Gasteiger partial charge is 0.226 e. The Balaban J connectivity index is 2.07. The van der Waals surface area contributed by atoms with E-state index in [-0.39, 0.29) is 18.2 Å². The third-order valence-electron chi connectivity index (χ3n) is 3.95. The van der Waals surface area contributed by atoms with Gasteiger partial charge in [-0.15, -0.1) is 0 Å². The van der Waals surface area contributed by atoms with Crippen LogP contribution in [0.2, 0.25) is 0 Å². The van der Waals surface area contributed by atoms with Crippen molar-refractivity contribution >= 4 is 23.2 Å². The van der Waals surface area contributed by atoms with Crippen LogP contribution in [0, 0.1) is 20.8 Å². The number of nitrogens with one attached hydrogen (secondary N) is 1. The number of carbonyl (C=O) groups excluding carboxylic acids is 2. The summed E-state index contributed by atoms with van der Waals surface area (Å²) < 4.78 is 0. The first-order chi connectivity index (χ1) is 11.4. The van der Waals surface area contributed by atoms with E-state index in [2.05, 4.69) is 5.32 Å². The molecule has 0 bridgehead atoms. The zero-order valence-electron chi connectivity index (χ0n) is 14.7. The molecule has 4 nitrogen and oxygen atoms in total. The van der Waals surface area contributed by atoms with E-state index in [9.17, 15) is 9.59 Å². The van der Waals surface area contributed by atoms with Gasteiger partial charge in [0.25, 0.3) is 0 Å². The van der Waals surface area contributed by atoms with Gasteiger partial charge in [-0.3, -0.25) is 9.59 Å². The summed E-state index contributed by atoms with van der Waals surface area (Å²) in [6.45, 7) is 7.83. The maximum atomic E-state index is 12.2. The molecule has 0 radical (unpaired) electrons. The van der Waals surface area contributed by atoms with Crippen molar-refractivity contribution < 1.29 is 9.59 Å². The summed E-state index contributed by atoms with van der Waals surface area (Å²) in [6, 6.07) is 13.6. The van der Waals surface area contributed by atoms with Crippen molar-refractivity contribution in [1.82, 2.24) is 0 Å². The van der Waals surface area contributed by atoms with Crippen LogP contribution in [0.25, 0.3) is 0 Å². The average molecular weight is 324 g/mol. The molecule has 0 aromatic heterocycles. The highest BCUT2D eigenvalue weighted by Gasteiger charge is 2.17. The summed E-state index contributed by atoms with van der Waals surface area (Å²) in [5.74, 6) is -0.158. The fourth-order valence-electron chi connectivity index (χ4n) is 2.82. The molecule has 0 fully saturated rings. The molecule has 0 atom stereocenters. The Labute approximate surface area is 143 Å². The Morgan fingerprint density at radius 2 is 1.62 bits per heavy atom. The van der Waals surface area contributed by atoms with Gasteiger partial charge in [0, 0.05) is 31.3 Å². The molecule has 0 aliphatic rings. The number of hydrogen-bond donors (Lipinski definition) is 1. The van der Waals surface area contributed by atoms with Crippen LogP contribution in [0.4, 0.5) is 11.4 Å². The molecular formula is C20H24N2O2. The second kappa shape index (κ2) is 7.77. The van der Waals surface area contributed by atoms with Crippen molar-refractivity contribution in [3.8, 4) is 0 Å². The summed E-state index contributed by atoms with van der Waals surface area (Å²) in [4.78, 5) is 25.9. The van der Waals surface area contributed by atoms with Crippen LogP contribution < -0.4 is 10.2 Å². The summed E-state index contributed by atoms with van der Waals surface area (Å²) in [7, 11) is 0. The first-order valence-corrected chi connectivity index (χ1v) is 8.09. The zero-order valence-corrected chi connectivity index (χ0v) is 14.7. The van der Waals surface area contributed by atoms with Crippen molar-refractivity contribution in [2.45, 2.75) is 34.1 Å². The van der Waals surface area contributed by atoms with Crippen LogP contribution in [0.1, 0.15) is 30.0 Å². The van der Waals surface area contributed by atoms with Crippen LogP contribution in [0.5, 0.6) is 0 Å². The second-order valence-corrected chi connectivity index (χ2v) is 6.08. The largest absolute Gasteiger partial charge is 0.326 e. The van der Waals surface area contributed by atoms with Crippen LogP contribution >= 0.6 is 0 Å². The topological polar surface area (TPSA) is 49.4 Å². The van der Waals surface area contributed by atoms with Gasteiger partial charge in [-0.05, 0) is 49.6 Å². The molecule has 0 aliphatic carbocycles. The highest BCUT2D eigenvalue weighted by atomic mass is 16.2. The Bertz CT molecular complexity index is 733. The average Bonchev–Trinajstić information content (AvgIpc) is 2.49. The van der Waals surface area contributed by atoms with Gasteiger partial charge in [0.05, 0.1) is 0 Å². The zero-order chi connectivity index (χ0) is 17.7. The van der Waals surface area contributed by atoms with Crippen molar-refractivity contribution in [2.24, 2.45) is 0 Å². The molecule has 0 unspecified atom stereocenters. The lowest BCUT2D eigenvalue weighted by molar-refractivity contribution is -0.117. The van der Waals surface area contributed by atoms with Crippen molar-refractivity contribution in [1.29, 1.82) is 0 Å². The van der Waals surface area contributed by atoms with Gasteiger partial charge in [-0.1, -0.05) is 30.3 Å². The molecule has 2 amide bonds. The summed E-state index contributed by atoms with van der Waals surface area (Å²) >= 11 is 0. The minimum Gasteiger partial charge on any atom is -0.326 e. The molecule has 24 heavy (non-hydrogen) atoms. The summed E-state index contributed by atoms with van der Waals surface area (Å²) in [5.41, 5.74) is 4.83. The van der Waals surface area contributed by atoms with Gasteiger partial charge in [-0.2, -0.15) is 0 Å². The predicted molar refractivity (Wildman–Crippen MR) is 98.4 cm³/mol. The monoisotopic (exact) mass is 324 g/mol. The van der Waals surface area contributed by atoms with Crippen molar-refractivity contribution in [2.75, 3.05) is 16.8 Å². The number of rotatable bonds is 5. The summed E-state index contributed by atoms with van der Waals surface area (Å²) in [5, 5.41) is 2.88. The van der Waals surface area contributed by atoms with Gasteiger partial charge in [-0.25, -0.2) is 0 Å². The van der Waals surface area contributed by atoms with Crippen LogP contribution in [0.3, 0.4) is 0 Å². The first kappa shape index (κ1) is 17.7. The molecule has 2 rings (SSSR count). The molecule has 0 aliphatic heterocycles. The minimum absolute atomic E-state index is 0.0595. The molecule has 0 spiro atoms. The fraction of sp³-hybridized carbons (Fsp3) is 0.300. The molecule has 2 aromatic carbocycles. The van der Waals surface area contributed by atoms with E-state index in [0.29, 0.717) is 6.54 Å². The molecule has 126 valence electrons. The summed E-state index contributed by atoms with van der Waals surface area (Å²) in [6.07, 6.45) is 0.251. The van der Waals surface area contributed by atoms with E-state index in [1.165, 1.54) is 6.92 Å². The van der Waals surface area contributed by atoms with Crippen LogP contribution in [-0.4, -0.2) is 18.4 Å². The predicted octanol–water partition coefficient (Wildman–Crippen LogP) is 3.99. The molecule has 4 heteroatoms. The number of nitrogens with zero attached hydrogens (tertiary/aromatic N) is 1. The van der Waals surface area contributed by atoms with E-state index >= 15 is 0 Å². The van der Waals surface area contributed by atoms with E-state index in [4.69, 9.17) is 0 Å². The molecule has 0 saturated carbocycles. The fourth-order valence-corrected chi connectivity index (χ4v) is 2.82. The number of benzene rings is 2. The third-order valence-corrected chi connectivity index (χ3v) is 3.95. The SMILES string of the molecule is CC(=O)N(CCC(=O)Nc1cccc(C)c1)c1c(C)cccc1C. The first-order valence-electron chi connectivity index (χ1n) is 8.09. The Hall–Kier alpha value is -2.62. The van der Waals surface area contributed by atoms with E-state index in [0.717, 1.165) is 28.1 Å². The van der Waals surface area contributed by atoms with E-state index in [1.54, 1.807) is 4.90 Å². The highest BCUT2D eigenvalue weighted by Crippen LogP contribution is 2.25. The Kier molecular flexibility index (Phi) is 5.74. The van der Waals surface area contributed by atoms with Crippen molar-refractivity contribution in [3.63, 3.8) is 0 Å². The van der Waals surface area contributed by atoms with Gasteiger partial charge in [0.2, 0.25) is 11.8 Å². The van der Waals surface area contributed by atoms with E-state index in [1.807, 2.05) is 63.2 Å². The number of anilines is 2. The highest BCUT2D eigenvalue weighted by molar-refractivity contribution is 5.95. The van der Waals surface area contributed by atoms with Gasteiger partial charge in [0.15, 0.2) is 0 Å². The Morgan fingerprint density at radius 1 is 1.00 bits per heavy atom. The minimum atomic E-state index is -0.0990. The molecule has 2 aromatic rings. The number of hydrogen-bond acceptors (Lipinski definition) is 2. The van der Waals surface area contributed by atoms with E-state index < -0.39 is 0 Å². The molecule has 1 N–H and O–H groups in total. The lowest BCUT2D eigenvalue weighted by atomic mass is 10.1.